The fourth-order valence-corrected chi connectivity index (χ4v) is 4.38. The Balaban J connectivity index is 1.61. The number of para-hydroxylation sites is 1. The van der Waals surface area contributed by atoms with Gasteiger partial charge in [0.2, 0.25) is 5.91 Å². The maximum Gasteiger partial charge on any atom is 0.269 e. The molecule has 0 aliphatic rings. The molecule has 0 aliphatic heterocycles. The van der Waals surface area contributed by atoms with Crippen molar-refractivity contribution in [2.24, 2.45) is 0 Å². The van der Waals surface area contributed by atoms with E-state index in [1.54, 1.807) is 38.3 Å². The second-order valence-corrected chi connectivity index (χ2v) is 8.96. The molecule has 35 heavy (non-hydrogen) atoms. The van der Waals surface area contributed by atoms with Crippen molar-refractivity contribution < 1.29 is 14.5 Å². The smallest absolute Gasteiger partial charge is 0.269 e. The summed E-state index contributed by atoms with van der Waals surface area (Å²) < 4.78 is 6.53. The maximum absolute atomic E-state index is 13.3. The van der Waals surface area contributed by atoms with Crippen LogP contribution in [0.1, 0.15) is 12.5 Å². The van der Waals surface area contributed by atoms with Crippen molar-refractivity contribution in [1.82, 2.24) is 14.9 Å². The number of non-ortho nitro benzene ring substituents is 1. The fourth-order valence-electron chi connectivity index (χ4n) is 3.43. The number of hydrogen-bond acceptors (Lipinski definition) is 7. The number of carbonyl (C=O) groups excluding carboxylic acids is 1. The molecule has 0 radical (unpaired) electrons. The van der Waals surface area contributed by atoms with Crippen molar-refractivity contribution in [2.45, 2.75) is 23.9 Å². The summed E-state index contributed by atoms with van der Waals surface area (Å²) in [7, 11) is 1.59. The third-order valence-corrected chi connectivity index (χ3v) is 6.39. The minimum atomic E-state index is -0.564. The number of rotatable bonds is 8. The lowest BCUT2D eigenvalue weighted by Gasteiger charge is -2.16. The van der Waals surface area contributed by atoms with Crippen LogP contribution in [0.5, 0.6) is 5.75 Å². The molecule has 1 atom stereocenters. The highest BCUT2D eigenvalue weighted by molar-refractivity contribution is 8.00. The predicted octanol–water partition coefficient (Wildman–Crippen LogP) is 4.10. The van der Waals surface area contributed by atoms with Gasteiger partial charge in [-0.05, 0) is 48.9 Å². The first-order valence-corrected chi connectivity index (χ1v) is 11.6. The summed E-state index contributed by atoms with van der Waals surface area (Å²) in [6.07, 6.45) is 0. The van der Waals surface area contributed by atoms with Gasteiger partial charge in [0, 0.05) is 18.7 Å². The Hall–Kier alpha value is -4.18. The summed E-state index contributed by atoms with van der Waals surface area (Å²) in [5, 5.41) is 14.1. The average Bonchev–Trinajstić information content (AvgIpc) is 2.88. The molecule has 3 aromatic carbocycles. The highest BCUT2D eigenvalue weighted by atomic mass is 32.2. The number of benzene rings is 3. The number of methoxy groups -OCH3 is 1. The van der Waals surface area contributed by atoms with Gasteiger partial charge in [-0.2, -0.15) is 0 Å². The van der Waals surface area contributed by atoms with E-state index in [0.717, 1.165) is 23.1 Å². The van der Waals surface area contributed by atoms with Crippen molar-refractivity contribution in [2.75, 3.05) is 7.11 Å². The summed E-state index contributed by atoms with van der Waals surface area (Å²) >= 11 is 1.14. The molecular weight excluding hydrogens is 468 g/mol. The lowest BCUT2D eigenvalue weighted by atomic mass is 10.2. The highest BCUT2D eigenvalue weighted by Crippen LogP contribution is 2.26. The van der Waals surface area contributed by atoms with Gasteiger partial charge < -0.3 is 10.1 Å². The molecule has 1 unspecified atom stereocenters. The van der Waals surface area contributed by atoms with Crippen LogP contribution in [0.4, 0.5) is 5.69 Å². The fraction of sp³-hybridized carbons (Fsp3) is 0.160. The zero-order chi connectivity index (χ0) is 24.9. The van der Waals surface area contributed by atoms with Crippen LogP contribution in [0.2, 0.25) is 0 Å². The molecule has 0 spiro atoms. The van der Waals surface area contributed by atoms with Crippen LogP contribution >= 0.6 is 11.8 Å². The number of amides is 1. The van der Waals surface area contributed by atoms with Gasteiger partial charge in [0.25, 0.3) is 11.2 Å². The van der Waals surface area contributed by atoms with Gasteiger partial charge in [-0.1, -0.05) is 36.0 Å². The number of thioether (sulfide) groups is 1. The monoisotopic (exact) mass is 490 g/mol. The summed E-state index contributed by atoms with van der Waals surface area (Å²) in [4.78, 5) is 41.3. The third-order valence-electron chi connectivity index (χ3n) is 5.34. The molecule has 1 heterocycles. The van der Waals surface area contributed by atoms with Gasteiger partial charge in [0.1, 0.15) is 5.75 Å². The van der Waals surface area contributed by atoms with Crippen LogP contribution < -0.4 is 15.6 Å². The molecule has 1 amide bonds. The number of hydrogen-bond donors (Lipinski definition) is 1. The molecule has 1 N–H and O–H groups in total. The Morgan fingerprint density at radius 2 is 1.80 bits per heavy atom. The molecule has 10 heteroatoms. The molecule has 0 saturated carbocycles. The predicted molar refractivity (Wildman–Crippen MR) is 134 cm³/mol. The number of carbonyl (C=O) groups is 1. The number of fused-ring (bicyclic) bond motifs is 1. The summed E-state index contributed by atoms with van der Waals surface area (Å²) in [5.41, 5.74) is 1.44. The van der Waals surface area contributed by atoms with E-state index in [0.29, 0.717) is 28.3 Å². The van der Waals surface area contributed by atoms with Crippen LogP contribution in [-0.4, -0.2) is 32.7 Å². The van der Waals surface area contributed by atoms with Gasteiger partial charge >= 0.3 is 0 Å². The van der Waals surface area contributed by atoms with Crippen LogP contribution in [0.25, 0.3) is 16.6 Å². The topological polar surface area (TPSA) is 116 Å². The molecule has 0 bridgehead atoms. The van der Waals surface area contributed by atoms with Crippen molar-refractivity contribution in [3.8, 4) is 11.4 Å². The number of ether oxygens (including phenoxy) is 1. The van der Waals surface area contributed by atoms with Crippen molar-refractivity contribution in [3.63, 3.8) is 0 Å². The Bertz CT molecular complexity index is 1440. The Morgan fingerprint density at radius 1 is 1.11 bits per heavy atom. The Labute approximate surface area is 204 Å². The quantitative estimate of drug-likeness (QED) is 0.171. The van der Waals surface area contributed by atoms with Gasteiger partial charge in [-0.3, -0.25) is 24.3 Å². The van der Waals surface area contributed by atoms with Crippen molar-refractivity contribution in [3.05, 3.63) is 98.8 Å². The first kappa shape index (κ1) is 24.0. The van der Waals surface area contributed by atoms with Crippen molar-refractivity contribution >= 4 is 34.3 Å². The second kappa shape index (κ2) is 10.4. The van der Waals surface area contributed by atoms with E-state index < -0.39 is 10.2 Å². The SMILES string of the molecule is COc1ccc(CNC(=O)C(C)Sc2nc3ccccc3c(=O)n2-c2ccc([N+](=O)[O-])cc2)cc1. The van der Waals surface area contributed by atoms with E-state index in [2.05, 4.69) is 10.3 Å². The second-order valence-electron chi connectivity index (χ2n) is 7.65. The molecule has 1 aromatic heterocycles. The average molecular weight is 491 g/mol. The zero-order valence-corrected chi connectivity index (χ0v) is 19.8. The number of nitro benzene ring substituents is 1. The molecule has 4 rings (SSSR count). The van der Waals surface area contributed by atoms with E-state index in [1.165, 1.54) is 28.8 Å². The standard InChI is InChI=1S/C25H22N4O5S/c1-16(23(30)26-15-17-7-13-20(34-2)14-8-17)35-25-27-22-6-4-3-5-21(22)24(31)28(25)18-9-11-19(12-10-18)29(32)33/h3-14,16H,15H2,1-2H3,(H,26,30). The number of nitrogens with zero attached hydrogens (tertiary/aromatic N) is 3. The molecule has 0 fully saturated rings. The highest BCUT2D eigenvalue weighted by Gasteiger charge is 2.20. The number of nitrogens with one attached hydrogen (secondary N) is 1. The van der Waals surface area contributed by atoms with Gasteiger partial charge in [0.15, 0.2) is 5.16 Å². The third kappa shape index (κ3) is 5.33. The lowest BCUT2D eigenvalue weighted by Crippen LogP contribution is -2.31. The van der Waals surface area contributed by atoms with Gasteiger partial charge in [-0.25, -0.2) is 4.98 Å². The summed E-state index contributed by atoms with van der Waals surface area (Å²) in [6.45, 7) is 2.07. The van der Waals surface area contributed by atoms with Gasteiger partial charge in [0.05, 0.1) is 33.9 Å². The number of nitro groups is 1. The molecule has 4 aromatic rings. The van der Waals surface area contributed by atoms with Crippen LogP contribution in [0, 0.1) is 10.1 Å². The zero-order valence-electron chi connectivity index (χ0n) is 19.0. The van der Waals surface area contributed by atoms with Crippen LogP contribution in [-0.2, 0) is 11.3 Å². The minimum absolute atomic E-state index is 0.0870. The largest absolute Gasteiger partial charge is 0.497 e. The van der Waals surface area contributed by atoms with Crippen LogP contribution in [0.3, 0.4) is 0 Å². The van der Waals surface area contributed by atoms with E-state index >= 15 is 0 Å². The number of aromatic nitrogens is 2. The van der Waals surface area contributed by atoms with E-state index in [9.17, 15) is 19.7 Å². The molecule has 0 saturated heterocycles. The van der Waals surface area contributed by atoms with E-state index in [1.807, 2.05) is 24.3 Å². The van der Waals surface area contributed by atoms with E-state index in [-0.39, 0.29) is 17.2 Å². The van der Waals surface area contributed by atoms with Crippen LogP contribution in [0.15, 0.2) is 82.7 Å². The Morgan fingerprint density at radius 3 is 2.46 bits per heavy atom. The summed E-state index contributed by atoms with van der Waals surface area (Å²) in [5.74, 6) is 0.513. The molecule has 0 aliphatic carbocycles. The Kier molecular flexibility index (Phi) is 7.11. The first-order valence-electron chi connectivity index (χ1n) is 10.7. The molecular formula is C25H22N4O5S. The lowest BCUT2D eigenvalue weighted by molar-refractivity contribution is -0.384. The summed E-state index contributed by atoms with van der Waals surface area (Å²) in [6, 6.07) is 20.0. The van der Waals surface area contributed by atoms with Crippen molar-refractivity contribution in [1.29, 1.82) is 0 Å². The van der Waals surface area contributed by atoms with E-state index in [4.69, 9.17) is 4.74 Å². The molecule has 178 valence electrons. The minimum Gasteiger partial charge on any atom is -0.497 e. The normalized spacial score (nSPS) is 11.7. The van der Waals surface area contributed by atoms with Gasteiger partial charge in [-0.15, -0.1) is 0 Å². The first-order chi connectivity index (χ1) is 16.9. The molecule has 9 nitrogen and oxygen atoms in total. The maximum atomic E-state index is 13.3.